The largest absolute Gasteiger partial charge is 0.497 e. The first-order chi connectivity index (χ1) is 34.9. The molecule has 0 bridgehead atoms. The van der Waals surface area contributed by atoms with Crippen LogP contribution in [0.15, 0.2) is 24.3 Å². The SMILES string of the molecule is [2H]C([2H])([2H])CC(C)[C@@H]1NC(=O)[C@H](Cc2ccc(OC([2H])([2H])[2H])cc2)NC(=O)CCCSC[C@@H](C(=O)N2CCC[C@H]2C(=O)NC(CC(C)C)C(=O)NCC(N)=O)NC(=O)[C@H](CC(N)=O)NC(=O)[C@H](CCC(N)=O)NC1=O. The van der Waals surface area contributed by atoms with Crippen molar-refractivity contribution in [3.05, 3.63) is 29.8 Å². The predicted octanol–water partition coefficient (Wildman–Crippen LogP) is -2.50. The fourth-order valence-corrected chi connectivity index (χ4v) is 8.47. The number of primary amides is 3. The lowest BCUT2D eigenvalue weighted by molar-refractivity contribution is -0.142. The Balaban J connectivity index is 2.08. The zero-order chi connectivity index (χ0) is 56.4. The van der Waals surface area contributed by atoms with Crippen molar-refractivity contribution >= 4 is 76.7 Å². The molecule has 2 aliphatic heterocycles. The van der Waals surface area contributed by atoms with Gasteiger partial charge in [-0.2, -0.15) is 11.8 Å². The summed E-state index contributed by atoms with van der Waals surface area (Å²) in [6, 6.07) is -4.97. The molecule has 1 aromatic rings. The second-order valence-electron chi connectivity index (χ2n) is 17.3. The maximum Gasteiger partial charge on any atom is 0.246 e. The van der Waals surface area contributed by atoms with E-state index in [1.165, 1.54) is 36.1 Å². The smallest absolute Gasteiger partial charge is 0.246 e. The molecule has 2 aliphatic rings. The van der Waals surface area contributed by atoms with Crippen molar-refractivity contribution in [1.29, 1.82) is 0 Å². The highest BCUT2D eigenvalue weighted by Gasteiger charge is 2.40. The van der Waals surface area contributed by atoms with Crippen molar-refractivity contribution < 1.29 is 65.7 Å². The summed E-state index contributed by atoms with van der Waals surface area (Å²) in [7, 11) is -2.77. The van der Waals surface area contributed by atoms with Crippen LogP contribution in [0.4, 0.5) is 0 Å². The van der Waals surface area contributed by atoms with E-state index in [1.807, 2.05) is 0 Å². The number of ether oxygens (including phenoxy) is 1. The predicted molar refractivity (Wildman–Crippen MR) is 253 cm³/mol. The molecule has 69 heavy (non-hydrogen) atoms. The number of nitrogens with zero attached hydrogens (tertiary/aromatic N) is 1. The van der Waals surface area contributed by atoms with Gasteiger partial charge in [-0.15, -0.1) is 0 Å². The Morgan fingerprint density at radius 1 is 0.841 bits per heavy atom. The van der Waals surface area contributed by atoms with E-state index in [2.05, 4.69) is 37.2 Å². The van der Waals surface area contributed by atoms with Crippen LogP contribution in [0.25, 0.3) is 0 Å². The van der Waals surface area contributed by atoms with Crippen molar-refractivity contribution in [2.75, 3.05) is 31.6 Å². The molecule has 2 unspecified atom stereocenters. The minimum Gasteiger partial charge on any atom is -0.497 e. The molecule has 0 saturated carbocycles. The molecule has 2 saturated heterocycles. The zero-order valence-electron chi connectivity index (χ0n) is 44.9. The Bertz CT molecular complexity index is 2240. The monoisotopic (exact) mass is 994 g/mol. The van der Waals surface area contributed by atoms with Crippen molar-refractivity contribution in [3.8, 4) is 5.75 Å². The van der Waals surface area contributed by atoms with E-state index in [9.17, 15) is 52.7 Å². The van der Waals surface area contributed by atoms with Crippen molar-refractivity contribution in [1.82, 2.24) is 42.1 Å². The van der Waals surface area contributed by atoms with Gasteiger partial charge >= 0.3 is 0 Å². The third-order valence-electron chi connectivity index (χ3n) is 11.2. The van der Waals surface area contributed by atoms with Gasteiger partial charge in [0.1, 0.15) is 48.0 Å². The van der Waals surface area contributed by atoms with Crippen LogP contribution in [0.5, 0.6) is 5.75 Å². The lowest BCUT2D eigenvalue weighted by atomic mass is 9.96. The van der Waals surface area contributed by atoms with Crippen LogP contribution in [0.2, 0.25) is 0 Å². The summed E-state index contributed by atoms with van der Waals surface area (Å²) in [6.07, 6.45) is -2.26. The van der Waals surface area contributed by atoms with E-state index in [4.69, 9.17) is 30.2 Å². The van der Waals surface area contributed by atoms with Crippen LogP contribution in [0.1, 0.15) is 99.2 Å². The van der Waals surface area contributed by atoms with Crippen LogP contribution in [-0.4, -0.2) is 144 Å². The lowest BCUT2D eigenvalue weighted by Crippen LogP contribution is -2.61. The number of thioether (sulfide) groups is 1. The maximum atomic E-state index is 14.5. The number of carbonyl (C=O) groups excluding carboxylic acids is 11. The van der Waals surface area contributed by atoms with E-state index in [0.717, 1.165) is 11.8 Å². The van der Waals surface area contributed by atoms with E-state index >= 15 is 0 Å². The Hall–Kier alpha value is -6.46. The number of hydrogen-bond donors (Lipinski definition) is 10. The number of benzene rings is 1. The lowest BCUT2D eigenvalue weighted by Gasteiger charge is -2.31. The van der Waals surface area contributed by atoms with E-state index < -0.39 is 159 Å². The van der Waals surface area contributed by atoms with Gasteiger partial charge < -0.3 is 64.1 Å². The molecule has 23 nitrogen and oxygen atoms in total. The van der Waals surface area contributed by atoms with Crippen molar-refractivity contribution in [2.45, 2.75) is 134 Å². The summed E-state index contributed by atoms with van der Waals surface area (Å²) in [4.78, 5) is 149. The first-order valence-electron chi connectivity index (χ1n) is 25.5. The minimum atomic E-state index is -2.77. The molecule has 2 heterocycles. The molecule has 0 radical (unpaired) electrons. The number of hydrogen-bond acceptors (Lipinski definition) is 13. The third-order valence-corrected chi connectivity index (χ3v) is 12.3. The summed E-state index contributed by atoms with van der Waals surface area (Å²) in [5.74, 6) is -11.4. The summed E-state index contributed by atoms with van der Waals surface area (Å²) in [6.45, 7) is 1.82. The summed E-state index contributed by atoms with van der Waals surface area (Å²) in [5, 5.41) is 17.4. The first kappa shape index (κ1) is 47.6. The van der Waals surface area contributed by atoms with Gasteiger partial charge in [-0.1, -0.05) is 46.2 Å². The second-order valence-corrected chi connectivity index (χ2v) is 18.5. The molecule has 13 N–H and O–H groups in total. The topological polar surface area (TPSA) is 363 Å². The molecule has 0 spiro atoms. The van der Waals surface area contributed by atoms with E-state index in [-0.39, 0.29) is 61.8 Å². The molecule has 2 fully saturated rings. The summed E-state index contributed by atoms with van der Waals surface area (Å²) in [5.41, 5.74) is 16.5. The Morgan fingerprint density at radius 3 is 2.16 bits per heavy atom. The molecule has 1 aromatic carbocycles. The molecule has 3 rings (SSSR count). The molecular formula is C45H69N11O12S. The number of amides is 11. The minimum absolute atomic E-state index is 0.0282. The number of nitrogens with two attached hydrogens (primary N) is 3. The fraction of sp³-hybridized carbons (Fsp3) is 0.622. The van der Waals surface area contributed by atoms with Gasteiger partial charge in [-0.05, 0) is 67.4 Å². The molecule has 8 atom stereocenters. The average molecular weight is 994 g/mol. The van der Waals surface area contributed by atoms with Crippen LogP contribution < -0.4 is 59.2 Å². The standard InChI is InChI=1S/C45H69N11O12S/c1-6-25(4)38-44(66)51-28(15-16-34(46)57)40(62)52-31(21-35(47)58)41(63)54-32(23-69-18-8-10-37(60)50-30(42(64)55-38)20-26-11-13-27(68-5)14-12-26)45(67)56-17-7-9-33(56)43(65)53-29(19-24(2)3)39(61)49-22-36(48)59/h11-14,24-25,28-33,38H,6-10,15-23H2,1-5H3,(H2,46,57)(H2,47,58)(H2,48,59)(H,49,61)(H,50,60)(H,51,66)(H,52,62)(H,53,65)(H,54,63)(H,55,64)/t25?,28-,29?,30-,31-,32-,33-,38-/m0/s1/i1D3,5D3. The Labute approximate surface area is 414 Å². The van der Waals surface area contributed by atoms with Crippen LogP contribution >= 0.6 is 11.8 Å². The van der Waals surface area contributed by atoms with Crippen LogP contribution in [-0.2, 0) is 59.2 Å². The molecular weight excluding hydrogens is 919 g/mol. The number of likely N-dealkylation sites (tertiary alicyclic amines) is 1. The van der Waals surface area contributed by atoms with E-state index in [1.54, 1.807) is 13.8 Å². The zero-order valence-corrected chi connectivity index (χ0v) is 39.7. The third kappa shape index (κ3) is 18.9. The Kier molecular flexibility index (Phi) is 19.4. The normalized spacial score (nSPS) is 24.8. The van der Waals surface area contributed by atoms with Crippen molar-refractivity contribution in [2.24, 2.45) is 29.0 Å². The average Bonchev–Trinajstić information content (AvgIpc) is 3.79. The first-order valence-corrected chi connectivity index (χ1v) is 23.7. The molecule has 0 aliphatic carbocycles. The summed E-state index contributed by atoms with van der Waals surface area (Å²) < 4.78 is 50.8. The molecule has 24 heteroatoms. The molecule has 382 valence electrons. The van der Waals surface area contributed by atoms with Gasteiger partial charge in [0.05, 0.1) is 24.1 Å². The highest BCUT2D eigenvalue weighted by atomic mass is 32.2. The second kappa shape index (κ2) is 28.1. The quantitative estimate of drug-likeness (QED) is 0.0728. The van der Waals surface area contributed by atoms with Crippen molar-refractivity contribution in [3.63, 3.8) is 0 Å². The van der Waals surface area contributed by atoms with E-state index in [0.29, 0.717) is 12.0 Å². The molecule has 0 aromatic heterocycles. The highest BCUT2D eigenvalue weighted by Crippen LogP contribution is 2.22. The number of nitrogens with one attached hydrogen (secondary N) is 7. The van der Waals surface area contributed by atoms with Crippen LogP contribution in [0.3, 0.4) is 0 Å². The number of rotatable bonds is 18. The highest BCUT2D eigenvalue weighted by molar-refractivity contribution is 7.99. The fourth-order valence-electron chi connectivity index (χ4n) is 7.50. The van der Waals surface area contributed by atoms with Gasteiger partial charge in [0.25, 0.3) is 0 Å². The van der Waals surface area contributed by atoms with Gasteiger partial charge in [-0.25, -0.2) is 0 Å². The molecule has 11 amide bonds. The van der Waals surface area contributed by atoms with Gasteiger partial charge in [0.2, 0.25) is 65.0 Å². The van der Waals surface area contributed by atoms with Gasteiger partial charge in [0.15, 0.2) is 0 Å². The summed E-state index contributed by atoms with van der Waals surface area (Å²) >= 11 is 1.10. The Morgan fingerprint density at radius 2 is 1.52 bits per heavy atom. The van der Waals surface area contributed by atoms with Crippen LogP contribution in [0, 0.1) is 11.8 Å². The van der Waals surface area contributed by atoms with Gasteiger partial charge in [-0.3, -0.25) is 52.7 Å². The maximum absolute atomic E-state index is 14.5. The number of methoxy groups -OCH3 is 1. The van der Waals surface area contributed by atoms with Gasteiger partial charge in [0, 0.05) is 35.7 Å². The number of carbonyl (C=O) groups is 11.